The number of esters is 1. The summed E-state index contributed by atoms with van der Waals surface area (Å²) in [5, 5.41) is 5.43. The van der Waals surface area contributed by atoms with Gasteiger partial charge in [-0.05, 0) is 31.9 Å². The lowest BCUT2D eigenvalue weighted by molar-refractivity contribution is -0.137. The van der Waals surface area contributed by atoms with Crippen LogP contribution >= 0.6 is 0 Å². The number of rotatable bonds is 7. The molecule has 3 rings (SSSR count). The molecule has 29 heavy (non-hydrogen) atoms. The van der Waals surface area contributed by atoms with Crippen molar-refractivity contribution in [2.45, 2.75) is 25.8 Å². The molecule has 1 aromatic carbocycles. The Bertz CT molecular complexity index is 1010. The number of para-hydroxylation sites is 2. The molecule has 1 saturated heterocycles. The number of benzene rings is 1. The molecule has 9 nitrogen and oxygen atoms in total. The van der Waals surface area contributed by atoms with Crippen LogP contribution in [0.4, 0.5) is 0 Å². The lowest BCUT2D eigenvalue weighted by atomic mass is 9.98. The second kappa shape index (κ2) is 9.13. The zero-order valence-electron chi connectivity index (χ0n) is 15.9. The van der Waals surface area contributed by atoms with Crippen molar-refractivity contribution in [3.8, 4) is 0 Å². The van der Waals surface area contributed by atoms with Crippen LogP contribution in [0.5, 0.6) is 0 Å². The van der Waals surface area contributed by atoms with E-state index in [2.05, 4.69) is 20.6 Å². The number of aromatic nitrogens is 2. The molecule has 3 N–H and O–H groups in total. The van der Waals surface area contributed by atoms with Crippen LogP contribution in [0, 0.1) is 5.92 Å². The van der Waals surface area contributed by atoms with Gasteiger partial charge in [-0.25, -0.2) is 9.78 Å². The topological polar surface area (TPSA) is 130 Å². The number of nitrogens with zero attached hydrogens (tertiary/aromatic N) is 1. The first kappa shape index (κ1) is 20.2. The highest BCUT2D eigenvalue weighted by Crippen LogP contribution is 2.17. The monoisotopic (exact) mass is 398 g/mol. The van der Waals surface area contributed by atoms with Crippen molar-refractivity contribution in [3.05, 3.63) is 52.5 Å². The third-order valence-corrected chi connectivity index (χ3v) is 4.58. The van der Waals surface area contributed by atoms with E-state index in [1.165, 1.54) is 12.2 Å². The van der Waals surface area contributed by atoms with Crippen LogP contribution in [0.25, 0.3) is 11.0 Å². The van der Waals surface area contributed by atoms with Gasteiger partial charge in [0.25, 0.3) is 11.5 Å². The number of carbonyl (C=O) groups is 3. The fraction of sp³-hybridized carbons (Fsp3) is 0.350. The molecule has 2 heterocycles. The van der Waals surface area contributed by atoms with E-state index in [-0.39, 0.29) is 24.1 Å². The molecule has 0 saturated carbocycles. The van der Waals surface area contributed by atoms with Crippen molar-refractivity contribution >= 4 is 28.8 Å². The second-order valence-electron chi connectivity index (χ2n) is 6.64. The highest BCUT2D eigenvalue weighted by atomic mass is 16.5. The summed E-state index contributed by atoms with van der Waals surface area (Å²) in [6.07, 6.45) is 3.60. The Hall–Kier alpha value is -3.49. The van der Waals surface area contributed by atoms with E-state index in [4.69, 9.17) is 4.74 Å². The lowest BCUT2D eigenvalue weighted by Crippen LogP contribution is -2.39. The van der Waals surface area contributed by atoms with Crippen molar-refractivity contribution in [3.63, 3.8) is 0 Å². The van der Waals surface area contributed by atoms with Gasteiger partial charge >= 0.3 is 5.97 Å². The molecule has 2 unspecified atom stereocenters. The van der Waals surface area contributed by atoms with Gasteiger partial charge in [-0.2, -0.15) is 0 Å². The number of ether oxygens (including phenoxy) is 1. The number of hydrogen-bond acceptors (Lipinski definition) is 6. The van der Waals surface area contributed by atoms with Crippen molar-refractivity contribution in [2.75, 3.05) is 13.2 Å². The summed E-state index contributed by atoms with van der Waals surface area (Å²) in [5.74, 6) is -1.64. The van der Waals surface area contributed by atoms with Gasteiger partial charge in [-0.1, -0.05) is 18.2 Å². The normalized spacial score (nSPS) is 17.3. The molecule has 2 amide bonds. The van der Waals surface area contributed by atoms with E-state index < -0.39 is 23.5 Å². The first-order valence-corrected chi connectivity index (χ1v) is 9.40. The highest BCUT2D eigenvalue weighted by Gasteiger charge is 2.28. The van der Waals surface area contributed by atoms with E-state index in [0.717, 1.165) is 0 Å². The number of nitrogens with one attached hydrogen (secondary N) is 3. The molecular formula is C20H22N4O5. The summed E-state index contributed by atoms with van der Waals surface area (Å²) in [5.41, 5.74) is 0.100. The Balaban J connectivity index is 1.81. The minimum Gasteiger partial charge on any atom is -0.463 e. The van der Waals surface area contributed by atoms with Crippen LogP contribution in [0.15, 0.2) is 41.2 Å². The number of carbonyl (C=O) groups excluding carboxylic acids is 3. The Morgan fingerprint density at radius 3 is 2.86 bits per heavy atom. The van der Waals surface area contributed by atoms with Gasteiger partial charge in [0.05, 0.1) is 17.6 Å². The van der Waals surface area contributed by atoms with Gasteiger partial charge in [0.2, 0.25) is 5.91 Å². The minimum atomic E-state index is -0.686. The molecule has 0 aliphatic carbocycles. The minimum absolute atomic E-state index is 0.101. The number of H-pyrrole nitrogens is 1. The second-order valence-corrected chi connectivity index (χ2v) is 6.64. The number of fused-ring (bicyclic) bond motifs is 1. The average Bonchev–Trinajstić information content (AvgIpc) is 3.10. The Morgan fingerprint density at radius 2 is 2.14 bits per heavy atom. The lowest BCUT2D eigenvalue weighted by Gasteiger charge is -2.17. The summed E-state index contributed by atoms with van der Waals surface area (Å²) in [6, 6.07) is 6.23. The molecule has 1 fully saturated rings. The average molecular weight is 398 g/mol. The highest BCUT2D eigenvalue weighted by molar-refractivity contribution is 5.94. The van der Waals surface area contributed by atoms with E-state index in [1.54, 1.807) is 31.2 Å². The molecule has 0 bridgehead atoms. The SMILES string of the molecule is CCOC(=O)/C=C/C(CC1CCNC1=O)NC(=O)c1nc2ccccc2[nH]c1=O. The molecular weight excluding hydrogens is 376 g/mol. The van der Waals surface area contributed by atoms with E-state index in [1.807, 2.05) is 0 Å². The maximum Gasteiger partial charge on any atom is 0.330 e. The van der Waals surface area contributed by atoms with Gasteiger partial charge in [-0.3, -0.25) is 14.4 Å². The van der Waals surface area contributed by atoms with Gasteiger partial charge < -0.3 is 20.4 Å². The third kappa shape index (κ3) is 5.07. The summed E-state index contributed by atoms with van der Waals surface area (Å²) >= 11 is 0. The Labute approximate surface area is 166 Å². The molecule has 0 radical (unpaired) electrons. The smallest absolute Gasteiger partial charge is 0.330 e. The van der Waals surface area contributed by atoms with Crippen LogP contribution in [0.1, 0.15) is 30.3 Å². The van der Waals surface area contributed by atoms with Crippen LogP contribution in [0.3, 0.4) is 0 Å². The van der Waals surface area contributed by atoms with Gasteiger partial charge in [0.15, 0.2) is 5.69 Å². The molecule has 2 aromatic rings. The van der Waals surface area contributed by atoms with E-state index >= 15 is 0 Å². The predicted molar refractivity (Wildman–Crippen MR) is 105 cm³/mol. The Kier molecular flexibility index (Phi) is 6.38. The zero-order valence-corrected chi connectivity index (χ0v) is 15.9. The molecule has 1 aliphatic rings. The number of amides is 2. The molecule has 1 aliphatic heterocycles. The van der Waals surface area contributed by atoms with Crippen molar-refractivity contribution in [2.24, 2.45) is 5.92 Å². The van der Waals surface area contributed by atoms with Crippen LogP contribution in [0.2, 0.25) is 0 Å². The number of hydrogen-bond donors (Lipinski definition) is 3. The molecule has 2 atom stereocenters. The first-order valence-electron chi connectivity index (χ1n) is 9.40. The zero-order chi connectivity index (χ0) is 20.8. The quantitative estimate of drug-likeness (QED) is 0.464. The summed E-state index contributed by atoms with van der Waals surface area (Å²) in [6.45, 7) is 2.48. The number of aromatic amines is 1. The summed E-state index contributed by atoms with van der Waals surface area (Å²) < 4.78 is 4.86. The van der Waals surface area contributed by atoms with Crippen molar-refractivity contribution in [1.29, 1.82) is 0 Å². The third-order valence-electron chi connectivity index (χ3n) is 4.58. The van der Waals surface area contributed by atoms with Crippen LogP contribution in [-0.4, -0.2) is 46.9 Å². The summed E-state index contributed by atoms with van der Waals surface area (Å²) in [4.78, 5) is 55.3. The van der Waals surface area contributed by atoms with Crippen LogP contribution in [-0.2, 0) is 14.3 Å². The van der Waals surface area contributed by atoms with Gasteiger partial charge in [0.1, 0.15) is 0 Å². The summed E-state index contributed by atoms with van der Waals surface area (Å²) in [7, 11) is 0. The largest absolute Gasteiger partial charge is 0.463 e. The molecule has 9 heteroatoms. The predicted octanol–water partition coefficient (Wildman–Crippen LogP) is 0.667. The van der Waals surface area contributed by atoms with Crippen LogP contribution < -0.4 is 16.2 Å². The maximum atomic E-state index is 12.7. The fourth-order valence-corrected chi connectivity index (χ4v) is 3.17. The van der Waals surface area contributed by atoms with Gasteiger partial charge in [-0.15, -0.1) is 0 Å². The molecule has 0 spiro atoms. The van der Waals surface area contributed by atoms with Crippen molar-refractivity contribution < 1.29 is 19.1 Å². The Morgan fingerprint density at radius 1 is 1.34 bits per heavy atom. The van der Waals surface area contributed by atoms with Gasteiger partial charge in [0, 0.05) is 24.6 Å². The fourth-order valence-electron chi connectivity index (χ4n) is 3.17. The van der Waals surface area contributed by atoms with E-state index in [0.29, 0.717) is 30.4 Å². The van der Waals surface area contributed by atoms with Crippen molar-refractivity contribution in [1.82, 2.24) is 20.6 Å². The molecule has 1 aromatic heterocycles. The standard InChI is InChI=1S/C20H22N4O5/c1-2-29-16(25)8-7-13(11-12-9-10-21-18(12)26)22-19(27)17-20(28)24-15-6-4-3-5-14(15)23-17/h3-8,12-13H,2,9-11H2,1H3,(H,21,26)(H,22,27)(H,24,28)/b8-7+. The van der Waals surface area contributed by atoms with E-state index in [9.17, 15) is 19.2 Å². The first-order chi connectivity index (χ1) is 14.0. The molecule has 152 valence electrons. The maximum absolute atomic E-state index is 12.7.